The van der Waals surface area contributed by atoms with E-state index >= 15 is 0 Å². The lowest BCUT2D eigenvalue weighted by molar-refractivity contribution is -0.131. The number of likely N-dealkylation sites (tertiary alicyclic amines) is 1. The molecule has 0 bridgehead atoms. The highest BCUT2D eigenvalue weighted by atomic mass is 35.5. The summed E-state index contributed by atoms with van der Waals surface area (Å²) in [5.74, 6) is 1.09. The number of aryl methyl sites for hydroxylation is 1. The number of rotatable bonds is 4. The van der Waals surface area contributed by atoms with Crippen LogP contribution < -0.4 is 0 Å². The van der Waals surface area contributed by atoms with Crippen molar-refractivity contribution in [3.8, 4) is 0 Å². The maximum absolute atomic E-state index is 6.56. The molecule has 4 rings (SSSR count). The Balaban J connectivity index is 1.43. The summed E-state index contributed by atoms with van der Waals surface area (Å²) in [6.45, 7) is 8.77. The van der Waals surface area contributed by atoms with Crippen molar-refractivity contribution in [1.29, 1.82) is 0 Å². The number of imidazole rings is 1. The molecular formula is C23H32ClN3O. The Morgan fingerprint density at radius 2 is 2.00 bits per heavy atom. The Hall–Kier alpha value is -1.36. The zero-order chi connectivity index (χ0) is 19.7. The van der Waals surface area contributed by atoms with Gasteiger partial charge in [0.2, 0.25) is 0 Å². The smallest absolute Gasteiger partial charge is 0.0945 e. The van der Waals surface area contributed by atoms with Crippen LogP contribution in [0.4, 0.5) is 0 Å². The third-order valence-electron chi connectivity index (χ3n) is 6.91. The zero-order valence-electron chi connectivity index (χ0n) is 17.3. The molecule has 0 radical (unpaired) electrons. The van der Waals surface area contributed by atoms with Gasteiger partial charge in [-0.05, 0) is 61.2 Å². The molecule has 0 unspecified atom stereocenters. The largest absolute Gasteiger partial charge is 0.373 e. The van der Waals surface area contributed by atoms with Crippen molar-refractivity contribution in [3.63, 3.8) is 0 Å². The van der Waals surface area contributed by atoms with Crippen LogP contribution >= 0.6 is 11.6 Å². The lowest BCUT2D eigenvalue weighted by atomic mass is 9.66. The lowest BCUT2D eigenvalue weighted by Crippen LogP contribution is -2.47. The molecule has 4 nitrogen and oxygen atoms in total. The Kier molecular flexibility index (Phi) is 5.82. The van der Waals surface area contributed by atoms with Crippen molar-refractivity contribution in [1.82, 2.24) is 14.5 Å². The van der Waals surface area contributed by atoms with Gasteiger partial charge in [-0.2, -0.15) is 0 Å². The van der Waals surface area contributed by atoms with E-state index in [0.717, 1.165) is 36.8 Å². The Morgan fingerprint density at radius 3 is 2.64 bits per heavy atom. The Labute approximate surface area is 173 Å². The highest BCUT2D eigenvalue weighted by Crippen LogP contribution is 2.50. The van der Waals surface area contributed by atoms with E-state index in [2.05, 4.69) is 47.5 Å². The molecule has 2 saturated heterocycles. The van der Waals surface area contributed by atoms with Crippen LogP contribution in [0.5, 0.6) is 0 Å². The number of benzene rings is 1. The van der Waals surface area contributed by atoms with E-state index in [0.29, 0.717) is 17.3 Å². The number of hydrogen-bond acceptors (Lipinski definition) is 3. The Bertz CT molecular complexity index is 795. The molecule has 2 atom stereocenters. The maximum atomic E-state index is 6.56. The van der Waals surface area contributed by atoms with Gasteiger partial charge in [-0.1, -0.05) is 43.6 Å². The van der Waals surface area contributed by atoms with E-state index in [9.17, 15) is 0 Å². The van der Waals surface area contributed by atoms with Crippen molar-refractivity contribution in [3.05, 3.63) is 53.1 Å². The fraction of sp³-hybridized carbons (Fsp3) is 0.609. The molecule has 1 aromatic carbocycles. The topological polar surface area (TPSA) is 30.3 Å². The molecule has 152 valence electrons. The second-order valence-corrected chi connectivity index (χ2v) is 9.54. The van der Waals surface area contributed by atoms with Gasteiger partial charge in [0, 0.05) is 24.8 Å². The molecule has 2 aliphatic rings. The first-order valence-corrected chi connectivity index (χ1v) is 10.9. The predicted octanol–water partition coefficient (Wildman–Crippen LogP) is 5.09. The molecule has 0 saturated carbocycles. The zero-order valence-corrected chi connectivity index (χ0v) is 18.0. The summed E-state index contributed by atoms with van der Waals surface area (Å²) < 4.78 is 8.68. The fourth-order valence-corrected chi connectivity index (χ4v) is 5.21. The van der Waals surface area contributed by atoms with Crippen LogP contribution in [0.2, 0.25) is 5.02 Å². The SMILES string of the molecule is CC(C)[C@H]1CC2(CCN(Cc3cncn3C)CC2)CO[C@@H]1c1ccccc1Cl. The predicted molar refractivity (Wildman–Crippen MR) is 113 cm³/mol. The molecule has 0 amide bonds. The molecule has 2 aromatic rings. The third-order valence-corrected chi connectivity index (χ3v) is 7.26. The number of piperidine rings is 1. The number of halogens is 1. The van der Waals surface area contributed by atoms with Gasteiger partial charge in [0.1, 0.15) is 0 Å². The van der Waals surface area contributed by atoms with Gasteiger partial charge in [0.05, 0.1) is 24.7 Å². The molecular weight excluding hydrogens is 370 g/mol. The van der Waals surface area contributed by atoms with Crippen LogP contribution in [0.3, 0.4) is 0 Å². The van der Waals surface area contributed by atoms with E-state index in [1.165, 1.54) is 25.0 Å². The molecule has 1 spiro atoms. The first kappa shape index (κ1) is 19.9. The van der Waals surface area contributed by atoms with Crippen LogP contribution in [0.15, 0.2) is 36.8 Å². The second-order valence-electron chi connectivity index (χ2n) is 9.14. The average Bonchev–Trinajstić information content (AvgIpc) is 3.09. The number of ether oxygens (including phenoxy) is 1. The van der Waals surface area contributed by atoms with Gasteiger partial charge in [0.25, 0.3) is 0 Å². The first-order valence-electron chi connectivity index (χ1n) is 10.5. The molecule has 0 N–H and O–H groups in total. The Morgan fingerprint density at radius 1 is 1.25 bits per heavy atom. The van der Waals surface area contributed by atoms with Gasteiger partial charge in [-0.25, -0.2) is 4.98 Å². The fourth-order valence-electron chi connectivity index (χ4n) is 4.97. The van der Waals surface area contributed by atoms with Gasteiger partial charge < -0.3 is 9.30 Å². The highest BCUT2D eigenvalue weighted by molar-refractivity contribution is 6.31. The summed E-state index contributed by atoms with van der Waals surface area (Å²) in [5, 5.41) is 0.833. The summed E-state index contributed by atoms with van der Waals surface area (Å²) in [4.78, 5) is 6.81. The van der Waals surface area contributed by atoms with Crippen molar-refractivity contribution in [2.75, 3.05) is 19.7 Å². The quantitative estimate of drug-likeness (QED) is 0.714. The molecule has 2 aliphatic heterocycles. The molecule has 28 heavy (non-hydrogen) atoms. The summed E-state index contributed by atoms with van der Waals surface area (Å²) in [5.41, 5.74) is 2.76. The standard InChI is InChI=1S/C23H32ClN3O/c1-17(2)20-12-23(15-28-22(20)19-6-4-5-7-21(19)24)8-10-27(11-9-23)14-18-13-25-16-26(18)3/h4-7,13,16-17,20,22H,8-12,14-15H2,1-3H3/t20-,22-/m1/s1. The molecule has 1 aromatic heterocycles. The number of aromatic nitrogens is 2. The average molecular weight is 402 g/mol. The molecule has 0 aliphatic carbocycles. The normalized spacial score (nSPS) is 25.5. The van der Waals surface area contributed by atoms with Crippen LogP contribution in [0, 0.1) is 17.3 Å². The highest BCUT2D eigenvalue weighted by Gasteiger charge is 2.45. The van der Waals surface area contributed by atoms with E-state index in [1.807, 2.05) is 24.7 Å². The first-order chi connectivity index (χ1) is 13.5. The second kappa shape index (κ2) is 8.17. The monoisotopic (exact) mass is 401 g/mol. The van der Waals surface area contributed by atoms with Crippen LogP contribution in [0.25, 0.3) is 0 Å². The van der Waals surface area contributed by atoms with Gasteiger partial charge >= 0.3 is 0 Å². The minimum atomic E-state index is 0.117. The van der Waals surface area contributed by atoms with Crippen molar-refractivity contribution >= 4 is 11.6 Å². The minimum absolute atomic E-state index is 0.117. The number of nitrogens with zero attached hydrogens (tertiary/aromatic N) is 3. The van der Waals surface area contributed by atoms with E-state index in [4.69, 9.17) is 16.3 Å². The van der Waals surface area contributed by atoms with E-state index in [-0.39, 0.29) is 6.10 Å². The maximum Gasteiger partial charge on any atom is 0.0945 e. The molecule has 2 fully saturated rings. The van der Waals surface area contributed by atoms with Crippen molar-refractivity contribution in [2.45, 2.75) is 45.8 Å². The van der Waals surface area contributed by atoms with Crippen molar-refractivity contribution in [2.24, 2.45) is 24.3 Å². The molecule has 3 heterocycles. The third kappa shape index (κ3) is 4.00. The summed E-state index contributed by atoms with van der Waals surface area (Å²) in [6, 6.07) is 8.19. The van der Waals surface area contributed by atoms with Gasteiger partial charge in [-0.3, -0.25) is 4.90 Å². The molecule has 5 heteroatoms. The summed E-state index contributed by atoms with van der Waals surface area (Å²) in [6.07, 6.45) is 7.65. The summed E-state index contributed by atoms with van der Waals surface area (Å²) in [7, 11) is 2.07. The van der Waals surface area contributed by atoms with Crippen molar-refractivity contribution < 1.29 is 4.74 Å². The summed E-state index contributed by atoms with van der Waals surface area (Å²) >= 11 is 6.51. The van der Waals surface area contributed by atoms with Gasteiger partial charge in [0.15, 0.2) is 0 Å². The van der Waals surface area contributed by atoms with Gasteiger partial charge in [-0.15, -0.1) is 0 Å². The lowest BCUT2D eigenvalue weighted by Gasteiger charge is -2.50. The number of hydrogen-bond donors (Lipinski definition) is 0. The van der Waals surface area contributed by atoms with Crippen LogP contribution in [0.1, 0.15) is 50.5 Å². The minimum Gasteiger partial charge on any atom is -0.373 e. The van der Waals surface area contributed by atoms with E-state index in [1.54, 1.807) is 0 Å². The van der Waals surface area contributed by atoms with Crippen LogP contribution in [-0.4, -0.2) is 34.1 Å². The van der Waals surface area contributed by atoms with E-state index < -0.39 is 0 Å². The van der Waals surface area contributed by atoms with Crippen LogP contribution in [-0.2, 0) is 18.3 Å².